The Morgan fingerprint density at radius 2 is 2.32 bits per heavy atom. The van der Waals surface area contributed by atoms with Gasteiger partial charge in [-0.05, 0) is 47.7 Å². The minimum Gasteiger partial charge on any atom is -0.397 e. The molecule has 0 fully saturated rings. The lowest BCUT2D eigenvalue weighted by Gasteiger charge is -2.13. The molecule has 1 aromatic heterocycles. The Bertz CT molecular complexity index is 614. The number of anilines is 2. The van der Waals surface area contributed by atoms with Crippen LogP contribution in [0.5, 0.6) is 0 Å². The number of benzene rings is 1. The average Bonchev–Trinajstić information content (AvgIpc) is 2.79. The minimum absolute atomic E-state index is 0.166. The summed E-state index contributed by atoms with van der Waals surface area (Å²) in [6.45, 7) is 1.78. The normalized spacial score (nSPS) is 12.2. The Hall–Kier alpha value is -1.28. The molecule has 5 nitrogen and oxygen atoms in total. The lowest BCUT2D eigenvalue weighted by Crippen LogP contribution is -2.24. The number of nitrogens with zero attached hydrogens (tertiary/aromatic N) is 2. The predicted molar refractivity (Wildman–Crippen MR) is 84.1 cm³/mol. The highest BCUT2D eigenvalue weighted by atomic mass is 127. The van der Waals surface area contributed by atoms with E-state index in [0.717, 1.165) is 3.57 Å². The third-order valence-corrected chi connectivity index (χ3v) is 3.51. The minimum atomic E-state index is -0.402. The molecular weight excluding hydrogens is 379 g/mol. The van der Waals surface area contributed by atoms with Crippen molar-refractivity contribution >= 4 is 51.5 Å². The molecular formula is C12H12ClIN4O. The van der Waals surface area contributed by atoms with Crippen molar-refractivity contribution in [2.24, 2.45) is 0 Å². The van der Waals surface area contributed by atoms with Crippen molar-refractivity contribution in [2.75, 3.05) is 11.1 Å². The fraction of sp³-hybridized carbons (Fsp3) is 0.167. The van der Waals surface area contributed by atoms with Crippen molar-refractivity contribution in [3.8, 4) is 0 Å². The summed E-state index contributed by atoms with van der Waals surface area (Å²) in [6, 6.07) is 4.57. The van der Waals surface area contributed by atoms with Gasteiger partial charge in [0.25, 0.3) is 0 Å². The molecule has 0 saturated heterocycles. The Morgan fingerprint density at radius 1 is 1.58 bits per heavy atom. The number of nitrogen functional groups attached to an aromatic ring is 1. The van der Waals surface area contributed by atoms with Gasteiger partial charge in [-0.15, -0.1) is 0 Å². The summed E-state index contributed by atoms with van der Waals surface area (Å²) in [6.07, 6.45) is 3.51. The molecule has 0 saturated carbocycles. The molecule has 0 aliphatic heterocycles. The SMILES string of the molecule is CC(C(=O)Nc1ccc(Cl)c(N)c1)n1cc(I)cn1. The van der Waals surface area contributed by atoms with Crippen molar-refractivity contribution in [3.05, 3.63) is 39.2 Å². The number of hydrogen-bond acceptors (Lipinski definition) is 3. The molecule has 2 rings (SSSR count). The maximum atomic E-state index is 12.1. The lowest BCUT2D eigenvalue weighted by molar-refractivity contribution is -0.119. The Kier molecular flexibility index (Phi) is 4.31. The first kappa shape index (κ1) is 14.1. The molecule has 0 aliphatic rings. The first-order valence-corrected chi connectivity index (χ1v) is 6.98. The summed E-state index contributed by atoms with van der Waals surface area (Å²) in [5.41, 5.74) is 6.73. The zero-order valence-electron chi connectivity index (χ0n) is 10.1. The van der Waals surface area contributed by atoms with Crippen LogP contribution in [-0.2, 0) is 4.79 Å². The van der Waals surface area contributed by atoms with E-state index in [4.69, 9.17) is 17.3 Å². The fourth-order valence-electron chi connectivity index (χ4n) is 1.51. The van der Waals surface area contributed by atoms with E-state index in [1.807, 2.05) is 0 Å². The number of amides is 1. The zero-order valence-corrected chi connectivity index (χ0v) is 13.0. The van der Waals surface area contributed by atoms with Gasteiger partial charge in [-0.3, -0.25) is 9.48 Å². The highest BCUT2D eigenvalue weighted by Gasteiger charge is 2.16. The molecule has 19 heavy (non-hydrogen) atoms. The molecule has 7 heteroatoms. The van der Waals surface area contributed by atoms with Crippen molar-refractivity contribution in [1.29, 1.82) is 0 Å². The van der Waals surface area contributed by atoms with E-state index >= 15 is 0 Å². The first-order valence-electron chi connectivity index (χ1n) is 5.53. The number of rotatable bonds is 3. The molecule has 1 unspecified atom stereocenters. The maximum absolute atomic E-state index is 12.1. The first-order chi connectivity index (χ1) is 8.97. The van der Waals surface area contributed by atoms with Crippen LogP contribution >= 0.6 is 34.2 Å². The standard InChI is InChI=1S/C12H12ClIN4O/c1-7(18-6-8(14)5-16-18)12(19)17-9-2-3-10(13)11(15)4-9/h2-7H,15H2,1H3,(H,17,19). The molecule has 100 valence electrons. The molecule has 0 aliphatic carbocycles. The van der Waals surface area contributed by atoms with Crippen molar-refractivity contribution in [1.82, 2.24) is 9.78 Å². The average molecular weight is 391 g/mol. The van der Waals surface area contributed by atoms with Gasteiger partial charge in [-0.1, -0.05) is 11.6 Å². The Balaban J connectivity index is 2.10. The van der Waals surface area contributed by atoms with Crippen LogP contribution in [0.1, 0.15) is 13.0 Å². The number of nitrogens with two attached hydrogens (primary N) is 1. The third kappa shape index (κ3) is 3.38. The van der Waals surface area contributed by atoms with E-state index in [-0.39, 0.29) is 5.91 Å². The van der Waals surface area contributed by atoms with Gasteiger partial charge in [-0.2, -0.15) is 5.10 Å². The van der Waals surface area contributed by atoms with Gasteiger partial charge >= 0.3 is 0 Å². The molecule has 1 aromatic carbocycles. The second-order valence-electron chi connectivity index (χ2n) is 4.04. The van der Waals surface area contributed by atoms with Crippen LogP contribution < -0.4 is 11.1 Å². The monoisotopic (exact) mass is 390 g/mol. The number of hydrogen-bond donors (Lipinski definition) is 2. The van der Waals surface area contributed by atoms with Gasteiger partial charge in [0.1, 0.15) is 6.04 Å². The molecule has 0 radical (unpaired) electrons. The third-order valence-electron chi connectivity index (χ3n) is 2.61. The number of aromatic nitrogens is 2. The number of nitrogens with one attached hydrogen (secondary N) is 1. The molecule has 1 atom stereocenters. The zero-order chi connectivity index (χ0) is 14.0. The second kappa shape index (κ2) is 5.79. The van der Waals surface area contributed by atoms with Crippen LogP contribution in [0, 0.1) is 3.57 Å². The van der Waals surface area contributed by atoms with Crippen LogP contribution in [-0.4, -0.2) is 15.7 Å². The maximum Gasteiger partial charge on any atom is 0.248 e. The van der Waals surface area contributed by atoms with Gasteiger partial charge in [-0.25, -0.2) is 0 Å². The topological polar surface area (TPSA) is 72.9 Å². The van der Waals surface area contributed by atoms with E-state index in [2.05, 4.69) is 33.0 Å². The van der Waals surface area contributed by atoms with E-state index < -0.39 is 6.04 Å². The van der Waals surface area contributed by atoms with E-state index in [1.165, 1.54) is 0 Å². The van der Waals surface area contributed by atoms with Gasteiger partial charge in [0.05, 0.1) is 20.5 Å². The predicted octanol–water partition coefficient (Wildman–Crippen LogP) is 2.92. The van der Waals surface area contributed by atoms with Crippen LogP contribution in [0.4, 0.5) is 11.4 Å². The fourth-order valence-corrected chi connectivity index (χ4v) is 2.04. The Morgan fingerprint density at radius 3 is 2.89 bits per heavy atom. The summed E-state index contributed by atoms with van der Waals surface area (Å²) < 4.78 is 2.59. The highest BCUT2D eigenvalue weighted by molar-refractivity contribution is 14.1. The largest absolute Gasteiger partial charge is 0.397 e. The molecule has 0 bridgehead atoms. The quantitative estimate of drug-likeness (QED) is 0.625. The lowest BCUT2D eigenvalue weighted by atomic mass is 10.2. The van der Waals surface area contributed by atoms with Crippen molar-refractivity contribution in [3.63, 3.8) is 0 Å². The molecule has 1 heterocycles. The summed E-state index contributed by atoms with van der Waals surface area (Å²) >= 11 is 7.97. The number of halogens is 2. The molecule has 3 N–H and O–H groups in total. The van der Waals surface area contributed by atoms with Crippen molar-refractivity contribution in [2.45, 2.75) is 13.0 Å². The summed E-state index contributed by atoms with van der Waals surface area (Å²) in [5.74, 6) is -0.166. The van der Waals surface area contributed by atoms with Crippen molar-refractivity contribution < 1.29 is 4.79 Å². The van der Waals surface area contributed by atoms with Gasteiger partial charge in [0.15, 0.2) is 0 Å². The number of carbonyl (C=O) groups is 1. The van der Waals surface area contributed by atoms with Gasteiger partial charge in [0, 0.05) is 11.9 Å². The van der Waals surface area contributed by atoms with Crippen LogP contribution in [0.2, 0.25) is 5.02 Å². The van der Waals surface area contributed by atoms with Crippen LogP contribution in [0.3, 0.4) is 0 Å². The van der Waals surface area contributed by atoms with Gasteiger partial charge < -0.3 is 11.1 Å². The van der Waals surface area contributed by atoms with E-state index in [9.17, 15) is 4.79 Å². The second-order valence-corrected chi connectivity index (χ2v) is 5.69. The number of carbonyl (C=O) groups excluding carboxylic acids is 1. The highest BCUT2D eigenvalue weighted by Crippen LogP contribution is 2.23. The van der Waals surface area contributed by atoms with Crippen LogP contribution in [0.25, 0.3) is 0 Å². The summed E-state index contributed by atoms with van der Waals surface area (Å²) in [5, 5.41) is 7.35. The molecule has 2 aromatic rings. The van der Waals surface area contributed by atoms with Gasteiger partial charge in [0.2, 0.25) is 5.91 Å². The van der Waals surface area contributed by atoms with Crippen LogP contribution in [0.15, 0.2) is 30.6 Å². The van der Waals surface area contributed by atoms with E-state index in [0.29, 0.717) is 16.4 Å². The summed E-state index contributed by atoms with van der Waals surface area (Å²) in [4.78, 5) is 12.1. The molecule has 1 amide bonds. The molecule has 0 spiro atoms. The Labute approximate surface area is 129 Å². The van der Waals surface area contributed by atoms with E-state index in [1.54, 1.807) is 42.2 Å². The smallest absolute Gasteiger partial charge is 0.248 e. The summed E-state index contributed by atoms with van der Waals surface area (Å²) in [7, 11) is 0.